The van der Waals surface area contributed by atoms with Gasteiger partial charge >= 0.3 is 6.09 Å². The molecule has 2 atom stereocenters. The Kier molecular flexibility index (Phi) is 26.3. The highest BCUT2D eigenvalue weighted by molar-refractivity contribution is 6.29. The van der Waals surface area contributed by atoms with Crippen molar-refractivity contribution in [2.75, 3.05) is 66.1 Å². The van der Waals surface area contributed by atoms with Crippen LogP contribution in [-0.4, -0.2) is 135 Å². The smallest absolute Gasteiger partial charge is 0.413 e. The number of carbonyl (C=O) groups is 4. The zero-order valence-electron chi connectivity index (χ0n) is 36.2. The van der Waals surface area contributed by atoms with Crippen molar-refractivity contribution in [3.8, 4) is 5.75 Å². The van der Waals surface area contributed by atoms with Crippen molar-refractivity contribution in [1.29, 1.82) is 0 Å². The average molecular weight is 904 g/mol. The quantitative estimate of drug-likeness (QED) is 0.0261. The maximum absolute atomic E-state index is 12.6. The lowest BCUT2D eigenvalue weighted by Crippen LogP contribution is -2.42. The third-order valence-electron chi connectivity index (χ3n) is 9.39. The van der Waals surface area contributed by atoms with Gasteiger partial charge in [0.2, 0.25) is 11.8 Å². The number of benzene rings is 1. The van der Waals surface area contributed by atoms with Crippen molar-refractivity contribution in [1.82, 2.24) is 30.8 Å². The van der Waals surface area contributed by atoms with Crippen molar-refractivity contribution in [3.05, 3.63) is 52.6 Å². The van der Waals surface area contributed by atoms with E-state index < -0.39 is 24.1 Å². The van der Waals surface area contributed by atoms with Crippen LogP contribution < -0.4 is 60.8 Å². The lowest BCUT2D eigenvalue weighted by atomic mass is 10.1. The van der Waals surface area contributed by atoms with E-state index in [0.717, 1.165) is 43.4 Å². The van der Waals surface area contributed by atoms with E-state index in [0.29, 0.717) is 97.5 Å². The van der Waals surface area contributed by atoms with Crippen LogP contribution in [0.25, 0.3) is 0 Å². The zero-order chi connectivity index (χ0) is 46.4. The van der Waals surface area contributed by atoms with Gasteiger partial charge in [-0.2, -0.15) is 0 Å². The third kappa shape index (κ3) is 23.8. The van der Waals surface area contributed by atoms with Gasteiger partial charge in [-0.25, -0.2) is 14.8 Å². The highest BCUT2D eigenvalue weighted by Gasteiger charge is 2.17. The van der Waals surface area contributed by atoms with Gasteiger partial charge in [0.15, 0.2) is 17.6 Å². The van der Waals surface area contributed by atoms with E-state index in [-0.39, 0.29) is 46.1 Å². The molecule has 0 saturated heterocycles. The number of alkyl carbamates (subject to hydrolysis) is 1. The minimum Gasteiger partial charge on any atom is -0.492 e. The number of unbranched alkanes of at least 4 members (excludes halogenated alkanes) is 3. The second-order valence-electron chi connectivity index (χ2n) is 14.5. The van der Waals surface area contributed by atoms with Gasteiger partial charge in [-0.05, 0) is 101 Å². The Balaban J connectivity index is 1.81. The molecule has 22 nitrogen and oxygen atoms in total. The molecule has 1 aromatic carbocycles. The predicted octanol–water partition coefficient (Wildman–Crippen LogP) is -0.410. The van der Waals surface area contributed by atoms with Gasteiger partial charge in [0, 0.05) is 39.3 Å². The molecular weight excluding hydrogens is 836 g/mol. The van der Waals surface area contributed by atoms with Gasteiger partial charge in [0.1, 0.15) is 29.0 Å². The largest absolute Gasteiger partial charge is 0.492 e. The molecule has 350 valence electrons. The van der Waals surface area contributed by atoms with E-state index in [9.17, 15) is 19.2 Å². The summed E-state index contributed by atoms with van der Waals surface area (Å²) in [5, 5.41) is 8.16. The van der Waals surface area contributed by atoms with Crippen LogP contribution in [0.5, 0.6) is 5.75 Å². The van der Waals surface area contributed by atoms with E-state index in [1.54, 1.807) is 0 Å². The molecular formula is C40H67ClN16O6. The number of nitrogens with one attached hydrogen (secondary N) is 3. The third-order valence-corrected chi connectivity index (χ3v) is 9.57. The van der Waals surface area contributed by atoms with E-state index in [4.69, 9.17) is 56.5 Å². The SMILES string of the molecule is COC(=O)NC(N)=NCCCC[C@@H](N)C(=O)NCCCN(CCCNC(=O)[C@H](N)CCCCN=C(N)N)CCOc1ccc(CCCCN=C(N)c2ncc(Cl)nc2C(N)=O)cc1. The molecule has 0 spiro atoms. The van der Waals surface area contributed by atoms with Gasteiger partial charge in [0.25, 0.3) is 5.91 Å². The number of nitrogens with zero attached hydrogens (tertiary/aromatic N) is 6. The van der Waals surface area contributed by atoms with Crippen molar-refractivity contribution in [2.24, 2.45) is 55.1 Å². The number of aryl methyl sites for hydroxylation is 1. The molecule has 0 aliphatic rings. The molecule has 63 heavy (non-hydrogen) atoms. The van der Waals surface area contributed by atoms with Gasteiger partial charge in [-0.15, -0.1) is 0 Å². The number of hydrogen-bond donors (Lipinski definition) is 10. The molecule has 0 radical (unpaired) electrons. The lowest BCUT2D eigenvalue weighted by Gasteiger charge is -2.23. The summed E-state index contributed by atoms with van der Waals surface area (Å²) in [6, 6.07) is 6.62. The Hall–Kier alpha value is -5.84. The Bertz CT molecular complexity index is 1800. The summed E-state index contributed by atoms with van der Waals surface area (Å²) in [5.41, 5.74) is 41.0. The van der Waals surface area contributed by atoms with Crippen LogP contribution in [0.15, 0.2) is 45.4 Å². The summed E-state index contributed by atoms with van der Waals surface area (Å²) >= 11 is 5.82. The first-order chi connectivity index (χ1) is 30.2. The average Bonchev–Trinajstić information content (AvgIpc) is 3.25. The molecule has 0 saturated carbocycles. The van der Waals surface area contributed by atoms with Crippen molar-refractivity contribution >= 4 is 53.2 Å². The minimum atomic E-state index is -0.791. The number of hydrogen-bond acceptors (Lipinski definition) is 14. The number of carbonyl (C=O) groups excluding carboxylic acids is 4. The standard InChI is InChI=1S/C40H67ClN16O6/c1-62-40(61)56-39(48)53-19-7-4-12-30(43)37(60)51-21-9-23-57(22-8-20-50-36(59)29(42)11-3-6-18-52-38(46)47)24-25-63-28-15-13-27(14-16-28)10-2-5-17-49-34(44)32-33(35(45)58)55-31(41)26-54-32/h13-16,26,29-30H,2-12,17-25,42-43H2,1H3,(H2,44,49)(H2,45,58)(H,50,59)(H,51,60)(H4,46,47,52)(H3,48,53,56,61)/t29-,30-/m1/s1. The molecule has 4 amide bonds. The van der Waals surface area contributed by atoms with Gasteiger partial charge in [0.05, 0.1) is 25.4 Å². The molecule has 0 unspecified atom stereocenters. The number of aromatic nitrogens is 2. The van der Waals surface area contributed by atoms with E-state index in [1.807, 2.05) is 24.3 Å². The first-order valence-corrected chi connectivity index (χ1v) is 21.4. The van der Waals surface area contributed by atoms with Crippen LogP contribution in [0.2, 0.25) is 5.15 Å². The molecule has 0 bridgehead atoms. The molecule has 23 heteroatoms. The van der Waals surface area contributed by atoms with Crippen LogP contribution in [0.4, 0.5) is 4.79 Å². The van der Waals surface area contributed by atoms with Crippen molar-refractivity contribution < 1.29 is 28.7 Å². The minimum absolute atomic E-state index is 0.0334. The fourth-order valence-corrected chi connectivity index (χ4v) is 6.06. The molecule has 1 aromatic heterocycles. The second-order valence-corrected chi connectivity index (χ2v) is 14.9. The summed E-state index contributed by atoms with van der Waals surface area (Å²) in [7, 11) is 1.23. The van der Waals surface area contributed by atoms with Crippen LogP contribution in [0.3, 0.4) is 0 Å². The Morgan fingerprint density at radius 1 is 0.746 bits per heavy atom. The first kappa shape index (κ1) is 53.3. The monoisotopic (exact) mass is 903 g/mol. The number of methoxy groups -OCH3 is 1. The van der Waals surface area contributed by atoms with Crippen LogP contribution in [0.1, 0.15) is 86.0 Å². The van der Waals surface area contributed by atoms with E-state index in [1.165, 1.54) is 13.3 Å². The molecule has 0 aliphatic carbocycles. The predicted molar refractivity (Wildman–Crippen MR) is 244 cm³/mol. The first-order valence-electron chi connectivity index (χ1n) is 21.0. The van der Waals surface area contributed by atoms with Gasteiger partial charge < -0.3 is 60.2 Å². The Morgan fingerprint density at radius 3 is 1.89 bits per heavy atom. The Morgan fingerprint density at radius 2 is 1.32 bits per heavy atom. The number of rotatable bonds is 31. The molecule has 2 rings (SSSR count). The topological polar surface area (TPSA) is 371 Å². The maximum atomic E-state index is 12.6. The molecule has 17 N–H and O–H groups in total. The second kappa shape index (κ2) is 31.1. The summed E-state index contributed by atoms with van der Waals surface area (Å²) in [5.74, 6) is -0.422. The van der Waals surface area contributed by atoms with Crippen LogP contribution >= 0.6 is 11.6 Å². The lowest BCUT2D eigenvalue weighted by molar-refractivity contribution is -0.123. The number of ether oxygens (including phenoxy) is 2. The fraction of sp³-hybridized carbons (Fsp3) is 0.575. The van der Waals surface area contributed by atoms with Crippen LogP contribution in [-0.2, 0) is 20.7 Å². The van der Waals surface area contributed by atoms with Crippen LogP contribution in [0, 0.1) is 0 Å². The number of amidine groups is 1. The highest BCUT2D eigenvalue weighted by atomic mass is 35.5. The molecule has 0 aliphatic heterocycles. The highest BCUT2D eigenvalue weighted by Crippen LogP contribution is 2.15. The number of guanidine groups is 2. The normalized spacial score (nSPS) is 12.6. The summed E-state index contributed by atoms with van der Waals surface area (Å²) in [6.07, 6.45) is 8.11. The summed E-state index contributed by atoms with van der Waals surface area (Å²) in [4.78, 5) is 70.6. The number of primary amides is 1. The summed E-state index contributed by atoms with van der Waals surface area (Å²) in [6.45, 7) is 4.59. The fourth-order valence-electron chi connectivity index (χ4n) is 5.93. The van der Waals surface area contributed by atoms with E-state index >= 15 is 0 Å². The zero-order valence-corrected chi connectivity index (χ0v) is 37.0. The van der Waals surface area contributed by atoms with E-state index in [2.05, 4.69) is 50.5 Å². The summed E-state index contributed by atoms with van der Waals surface area (Å²) < 4.78 is 10.6. The molecule has 0 fully saturated rings. The number of aliphatic imine (C=N–C) groups is 3. The molecule has 2 aromatic rings. The molecule has 1 heterocycles. The number of amides is 4. The van der Waals surface area contributed by atoms with Crippen molar-refractivity contribution in [3.63, 3.8) is 0 Å². The van der Waals surface area contributed by atoms with Gasteiger partial charge in [-0.3, -0.25) is 39.6 Å². The van der Waals surface area contributed by atoms with Gasteiger partial charge in [-0.1, -0.05) is 23.7 Å². The number of halogens is 1. The maximum Gasteiger partial charge on any atom is 0.413 e. The van der Waals surface area contributed by atoms with Crippen molar-refractivity contribution in [2.45, 2.75) is 82.7 Å². The Labute approximate surface area is 374 Å². The number of nitrogens with two attached hydrogens (primary N) is 7.